The molecule has 0 saturated heterocycles. The standard InChI is InChI=1S/C72H26/c1-9-55-37-56(10-2)42-63(41-55)27-17-21-31-67-49-68(32-22-18-28-64-43-57(11-3)38-58(12-4)44-64)52-71(51-67)35-25-26-36-72-53-69(33-23-19-29-65-45-59(13-5)39-60(14-6)46-65)50-70(54-72)34-24-20-30-66-47-61(15-7)40-62(16-8)48-66/h1-8,37-54H. The fourth-order valence-corrected chi connectivity index (χ4v) is 6.19. The SMILES string of the molecule is C#Cc1cc(C#C)cc(C#CC#Cc2cc(C#CC#Cc3cc(C#C)cc(C#C)c3)cc(C#CC#Cc3cc(C#CC#Cc4cc(C#C)cc(C#C)c4)cc(C#CC#Cc4cc(C#C)cc(C#C)c4)c3)c2)c1. The minimum Gasteiger partial charge on any atom is -0.115 e. The summed E-state index contributed by atoms with van der Waals surface area (Å²) in [5, 5.41) is 0. The monoisotopic (exact) mass is 890 g/mol. The van der Waals surface area contributed by atoms with E-state index in [4.69, 9.17) is 51.4 Å². The van der Waals surface area contributed by atoms with Crippen LogP contribution in [0.15, 0.2) is 109 Å². The van der Waals surface area contributed by atoms with Crippen LogP contribution in [0, 0.1) is 217 Å². The Bertz CT molecular complexity index is 3680. The highest BCUT2D eigenvalue weighted by atomic mass is 14.0. The smallest absolute Gasteiger partial charge is 0.0280 e. The van der Waals surface area contributed by atoms with Crippen LogP contribution in [-0.4, -0.2) is 0 Å². The largest absolute Gasteiger partial charge is 0.115 e. The van der Waals surface area contributed by atoms with Crippen LogP contribution < -0.4 is 0 Å². The van der Waals surface area contributed by atoms with E-state index in [2.05, 4.69) is 166 Å². The third kappa shape index (κ3) is 15.0. The van der Waals surface area contributed by atoms with E-state index < -0.39 is 0 Å². The molecule has 314 valence electrons. The van der Waals surface area contributed by atoms with Crippen molar-refractivity contribution in [3.05, 3.63) is 209 Å². The molecule has 0 aliphatic heterocycles. The lowest BCUT2D eigenvalue weighted by atomic mass is 10.1. The molecule has 0 saturated carbocycles. The molecule has 6 aromatic carbocycles. The Morgan fingerprint density at radius 3 is 0.319 bits per heavy atom. The van der Waals surface area contributed by atoms with Gasteiger partial charge in [0.1, 0.15) is 0 Å². The van der Waals surface area contributed by atoms with E-state index >= 15 is 0 Å². The van der Waals surface area contributed by atoms with Crippen molar-refractivity contribution in [2.24, 2.45) is 0 Å². The first kappa shape index (κ1) is 48.8. The third-order valence-electron chi connectivity index (χ3n) is 9.31. The molecule has 0 N–H and O–H groups in total. The van der Waals surface area contributed by atoms with Crippen LogP contribution in [0.2, 0.25) is 0 Å². The Hall–Kier alpha value is -12.6. The predicted octanol–water partition coefficient (Wildman–Crippen LogP) is 8.55. The van der Waals surface area contributed by atoms with Gasteiger partial charge in [-0.1, -0.05) is 107 Å². The number of rotatable bonds is 0. The quantitative estimate of drug-likeness (QED) is 0.134. The van der Waals surface area contributed by atoms with Gasteiger partial charge in [-0.3, -0.25) is 0 Å². The summed E-state index contributed by atoms with van der Waals surface area (Å²) in [6, 6.07) is 31.9. The molecule has 0 bridgehead atoms. The van der Waals surface area contributed by atoms with E-state index in [0.29, 0.717) is 100 Å². The molecule has 6 rings (SSSR count). The van der Waals surface area contributed by atoms with Gasteiger partial charge in [0, 0.05) is 100 Å². The van der Waals surface area contributed by atoms with E-state index in [-0.39, 0.29) is 0 Å². The van der Waals surface area contributed by atoms with Crippen molar-refractivity contribution in [1.29, 1.82) is 0 Å². The minimum absolute atomic E-state index is 0.592. The van der Waals surface area contributed by atoms with Gasteiger partial charge in [-0.25, -0.2) is 0 Å². The van der Waals surface area contributed by atoms with Gasteiger partial charge in [-0.15, -0.1) is 51.4 Å². The maximum atomic E-state index is 5.60. The molecular weight excluding hydrogens is 865 g/mol. The van der Waals surface area contributed by atoms with Crippen molar-refractivity contribution < 1.29 is 0 Å². The van der Waals surface area contributed by atoms with Crippen LogP contribution in [0.5, 0.6) is 0 Å². The average molecular weight is 891 g/mol. The van der Waals surface area contributed by atoms with Crippen LogP contribution in [-0.2, 0) is 0 Å². The fourth-order valence-electron chi connectivity index (χ4n) is 6.19. The molecule has 0 spiro atoms. The van der Waals surface area contributed by atoms with E-state index in [1.54, 1.807) is 109 Å². The summed E-state index contributed by atoms with van der Waals surface area (Å²) in [6.45, 7) is 0. The van der Waals surface area contributed by atoms with Gasteiger partial charge < -0.3 is 0 Å². The Morgan fingerprint density at radius 1 is 0.139 bits per heavy atom. The van der Waals surface area contributed by atoms with Crippen LogP contribution in [0.1, 0.15) is 100 Å². The average Bonchev–Trinajstić information content (AvgIpc) is 3.41. The van der Waals surface area contributed by atoms with Crippen LogP contribution >= 0.6 is 0 Å². The summed E-state index contributed by atoms with van der Waals surface area (Å²) in [5.74, 6) is 80.2. The summed E-state index contributed by atoms with van der Waals surface area (Å²) in [4.78, 5) is 0. The number of terminal acetylenes is 8. The molecule has 0 aliphatic carbocycles. The topological polar surface area (TPSA) is 0 Å². The van der Waals surface area contributed by atoms with Crippen LogP contribution in [0.25, 0.3) is 0 Å². The first-order chi connectivity index (χ1) is 35.2. The molecular formula is C72H26. The molecule has 0 atom stereocenters. The second-order valence-electron chi connectivity index (χ2n) is 14.4. The van der Waals surface area contributed by atoms with Gasteiger partial charge in [0.25, 0.3) is 0 Å². The highest BCUT2D eigenvalue weighted by molar-refractivity contribution is 5.60. The summed E-state index contributed by atoms with van der Waals surface area (Å²) in [5.41, 5.74) is 11.1. The number of benzene rings is 6. The maximum Gasteiger partial charge on any atom is 0.0280 e. The summed E-state index contributed by atoms with van der Waals surface area (Å²) in [7, 11) is 0. The van der Waals surface area contributed by atoms with Crippen molar-refractivity contribution in [2.45, 2.75) is 0 Å². The highest BCUT2D eigenvalue weighted by Crippen LogP contribution is 2.13. The van der Waals surface area contributed by atoms with Crippen molar-refractivity contribution in [3.63, 3.8) is 0 Å². The lowest BCUT2D eigenvalue weighted by Crippen LogP contribution is -1.85. The summed E-state index contributed by atoms with van der Waals surface area (Å²) < 4.78 is 0. The van der Waals surface area contributed by atoms with E-state index in [1.165, 1.54) is 0 Å². The zero-order chi connectivity index (χ0) is 50.9. The van der Waals surface area contributed by atoms with E-state index in [0.717, 1.165) is 0 Å². The molecule has 0 fully saturated rings. The molecule has 0 unspecified atom stereocenters. The Morgan fingerprint density at radius 2 is 0.222 bits per heavy atom. The minimum atomic E-state index is 0.592. The molecule has 6 aromatic rings. The molecule has 0 amide bonds. The summed E-state index contributed by atoms with van der Waals surface area (Å²) >= 11 is 0. The Kier molecular flexibility index (Phi) is 17.1. The first-order valence-corrected chi connectivity index (χ1v) is 21.0. The van der Waals surface area contributed by atoms with Crippen molar-refractivity contribution >= 4 is 0 Å². The highest BCUT2D eigenvalue weighted by Gasteiger charge is 2.01. The second kappa shape index (κ2) is 25.2. The van der Waals surface area contributed by atoms with Crippen molar-refractivity contribution in [2.75, 3.05) is 0 Å². The lowest BCUT2D eigenvalue weighted by Gasteiger charge is -1.97. The second-order valence-corrected chi connectivity index (χ2v) is 14.4. The molecule has 0 nitrogen and oxygen atoms in total. The van der Waals surface area contributed by atoms with Gasteiger partial charge in [0.05, 0.1) is 0 Å². The van der Waals surface area contributed by atoms with Crippen molar-refractivity contribution in [3.8, 4) is 217 Å². The van der Waals surface area contributed by atoms with Gasteiger partial charge >= 0.3 is 0 Å². The van der Waals surface area contributed by atoms with Crippen LogP contribution in [0.4, 0.5) is 0 Å². The van der Waals surface area contributed by atoms with Gasteiger partial charge in [-0.05, 0) is 168 Å². The van der Waals surface area contributed by atoms with Crippen molar-refractivity contribution in [1.82, 2.24) is 0 Å². The number of hydrogen-bond acceptors (Lipinski definition) is 0. The normalized spacial score (nSPS) is 8.17. The van der Waals surface area contributed by atoms with Crippen LogP contribution in [0.3, 0.4) is 0 Å². The zero-order valence-corrected chi connectivity index (χ0v) is 38.0. The summed E-state index contributed by atoms with van der Waals surface area (Å²) in [6.07, 6.45) is 44.8. The predicted molar refractivity (Wildman–Crippen MR) is 291 cm³/mol. The van der Waals surface area contributed by atoms with Gasteiger partial charge in [-0.2, -0.15) is 0 Å². The molecule has 0 heteroatoms. The Labute approximate surface area is 424 Å². The molecule has 0 aromatic heterocycles. The number of hydrogen-bond donors (Lipinski definition) is 0. The fraction of sp³-hybridized carbons (Fsp3) is 0. The molecule has 0 heterocycles. The first-order valence-electron chi connectivity index (χ1n) is 21.0. The molecule has 0 radical (unpaired) electrons. The van der Waals surface area contributed by atoms with E-state index in [1.807, 2.05) is 0 Å². The molecule has 0 aliphatic rings. The third-order valence-corrected chi connectivity index (χ3v) is 9.31. The molecule has 72 heavy (non-hydrogen) atoms. The van der Waals surface area contributed by atoms with E-state index in [9.17, 15) is 0 Å². The van der Waals surface area contributed by atoms with Gasteiger partial charge in [0.2, 0.25) is 0 Å². The van der Waals surface area contributed by atoms with Gasteiger partial charge in [0.15, 0.2) is 0 Å². The maximum absolute atomic E-state index is 5.60. The zero-order valence-electron chi connectivity index (χ0n) is 38.0. The Balaban J connectivity index is 1.36. The lowest BCUT2D eigenvalue weighted by molar-refractivity contribution is 1.55.